The molecule has 23 heavy (non-hydrogen) atoms. The van der Waals surface area contributed by atoms with E-state index in [2.05, 4.69) is 26.1 Å². The first-order valence-corrected chi connectivity index (χ1v) is 8.85. The van der Waals surface area contributed by atoms with E-state index in [0.29, 0.717) is 10.8 Å². The van der Waals surface area contributed by atoms with E-state index in [0.717, 1.165) is 37.3 Å². The Labute approximate surface area is 150 Å². The number of ether oxygens (including phenoxy) is 2. The summed E-state index contributed by atoms with van der Waals surface area (Å²) in [6.45, 7) is 7.87. The molecular formula is C16H22BrClN2O3. The zero-order valence-corrected chi connectivity index (χ0v) is 15.7. The highest BCUT2D eigenvalue weighted by molar-refractivity contribution is 9.10. The second-order valence-corrected chi connectivity index (χ2v) is 6.95. The second kappa shape index (κ2) is 8.87. The Kier molecular flexibility index (Phi) is 7.14. The molecular weight excluding hydrogens is 384 g/mol. The lowest BCUT2D eigenvalue weighted by atomic mass is 10.2. The fourth-order valence-electron chi connectivity index (χ4n) is 2.39. The largest absolute Gasteiger partial charge is 0.480 e. The third-order valence-corrected chi connectivity index (χ3v) is 4.45. The number of hydrogen-bond acceptors (Lipinski definition) is 4. The highest BCUT2D eigenvalue weighted by Crippen LogP contribution is 2.28. The molecule has 1 aromatic carbocycles. The van der Waals surface area contributed by atoms with Crippen LogP contribution in [0.15, 0.2) is 22.7 Å². The summed E-state index contributed by atoms with van der Waals surface area (Å²) in [4.78, 5) is 14.5. The van der Waals surface area contributed by atoms with Gasteiger partial charge in [0.15, 0.2) is 6.10 Å². The molecule has 0 radical (unpaired) electrons. The van der Waals surface area contributed by atoms with Crippen molar-refractivity contribution in [2.24, 2.45) is 0 Å². The van der Waals surface area contributed by atoms with Gasteiger partial charge in [0.1, 0.15) is 5.75 Å². The molecule has 1 N–H and O–H groups in total. The van der Waals surface area contributed by atoms with Crippen LogP contribution >= 0.6 is 27.5 Å². The van der Waals surface area contributed by atoms with Crippen LogP contribution in [0.1, 0.15) is 13.8 Å². The summed E-state index contributed by atoms with van der Waals surface area (Å²) in [6, 6.07) is 5.27. The Morgan fingerprint density at radius 3 is 2.78 bits per heavy atom. The van der Waals surface area contributed by atoms with Crippen LogP contribution in [-0.4, -0.2) is 55.8 Å². The molecule has 1 saturated heterocycles. The van der Waals surface area contributed by atoms with E-state index in [-0.39, 0.29) is 11.9 Å². The molecule has 0 spiro atoms. The van der Waals surface area contributed by atoms with Gasteiger partial charge in [-0.05, 0) is 48.0 Å². The topological polar surface area (TPSA) is 50.8 Å². The Bertz CT molecular complexity index is 538. The zero-order valence-electron chi connectivity index (χ0n) is 13.4. The van der Waals surface area contributed by atoms with Crippen LogP contribution in [0, 0.1) is 0 Å². The number of carbonyl (C=O) groups is 1. The van der Waals surface area contributed by atoms with Crippen LogP contribution in [0.3, 0.4) is 0 Å². The molecule has 1 heterocycles. The predicted octanol–water partition coefficient (Wildman–Crippen LogP) is 2.71. The molecule has 1 aliphatic rings. The van der Waals surface area contributed by atoms with Crippen molar-refractivity contribution in [3.05, 3.63) is 27.7 Å². The first-order chi connectivity index (χ1) is 11.0. The van der Waals surface area contributed by atoms with Gasteiger partial charge in [0.2, 0.25) is 0 Å². The monoisotopic (exact) mass is 404 g/mol. The fraction of sp³-hybridized carbons (Fsp3) is 0.562. The summed E-state index contributed by atoms with van der Waals surface area (Å²) < 4.78 is 11.8. The minimum atomic E-state index is -0.584. The van der Waals surface area contributed by atoms with Crippen LogP contribution in [0.25, 0.3) is 0 Å². The number of morpholine rings is 1. The van der Waals surface area contributed by atoms with Gasteiger partial charge in [-0.15, -0.1) is 0 Å². The maximum atomic E-state index is 12.3. The maximum Gasteiger partial charge on any atom is 0.261 e. The van der Waals surface area contributed by atoms with Crippen molar-refractivity contribution in [1.29, 1.82) is 0 Å². The molecule has 2 rings (SSSR count). The van der Waals surface area contributed by atoms with Crippen LogP contribution in [-0.2, 0) is 9.53 Å². The normalized spacial score (nSPS) is 18.3. The van der Waals surface area contributed by atoms with Crippen molar-refractivity contribution >= 4 is 33.4 Å². The minimum Gasteiger partial charge on any atom is -0.480 e. The Hall–Kier alpha value is -0.820. The lowest BCUT2D eigenvalue weighted by Gasteiger charge is -2.29. The van der Waals surface area contributed by atoms with Crippen LogP contribution < -0.4 is 10.1 Å². The number of halogens is 2. The van der Waals surface area contributed by atoms with Crippen molar-refractivity contribution in [2.75, 3.05) is 32.8 Å². The number of rotatable bonds is 6. The third kappa shape index (κ3) is 5.95. The van der Waals surface area contributed by atoms with E-state index in [1.54, 1.807) is 25.1 Å². The summed E-state index contributed by atoms with van der Waals surface area (Å²) in [5.74, 6) is 0.463. The van der Waals surface area contributed by atoms with E-state index in [1.165, 1.54) is 0 Å². The molecule has 0 aliphatic carbocycles. The lowest BCUT2D eigenvalue weighted by molar-refractivity contribution is -0.128. The molecule has 5 nitrogen and oxygen atoms in total. The molecule has 1 aliphatic heterocycles. The molecule has 7 heteroatoms. The van der Waals surface area contributed by atoms with E-state index in [9.17, 15) is 4.79 Å². The van der Waals surface area contributed by atoms with Crippen molar-refractivity contribution in [2.45, 2.75) is 26.0 Å². The number of nitrogens with one attached hydrogen (secondary N) is 1. The van der Waals surface area contributed by atoms with Gasteiger partial charge in [0.05, 0.1) is 17.7 Å². The molecule has 2 atom stereocenters. The zero-order chi connectivity index (χ0) is 16.8. The molecule has 0 saturated carbocycles. The summed E-state index contributed by atoms with van der Waals surface area (Å²) in [5, 5.41) is 3.60. The summed E-state index contributed by atoms with van der Waals surface area (Å²) in [5.41, 5.74) is 0. The smallest absolute Gasteiger partial charge is 0.261 e. The Morgan fingerprint density at radius 2 is 2.13 bits per heavy atom. The first-order valence-electron chi connectivity index (χ1n) is 7.68. The first kappa shape index (κ1) is 18.5. The van der Waals surface area contributed by atoms with Gasteiger partial charge >= 0.3 is 0 Å². The van der Waals surface area contributed by atoms with Crippen LogP contribution in [0.4, 0.5) is 0 Å². The van der Waals surface area contributed by atoms with Gasteiger partial charge in [-0.25, -0.2) is 0 Å². The van der Waals surface area contributed by atoms with Crippen LogP contribution in [0.2, 0.25) is 5.02 Å². The van der Waals surface area contributed by atoms with Crippen molar-refractivity contribution in [1.82, 2.24) is 10.2 Å². The predicted molar refractivity (Wildman–Crippen MR) is 94.1 cm³/mol. The minimum absolute atomic E-state index is 0.0558. The van der Waals surface area contributed by atoms with Gasteiger partial charge in [-0.1, -0.05) is 11.6 Å². The van der Waals surface area contributed by atoms with Gasteiger partial charge in [0.25, 0.3) is 5.91 Å². The van der Waals surface area contributed by atoms with Crippen molar-refractivity contribution in [3.63, 3.8) is 0 Å². The lowest BCUT2D eigenvalue weighted by Crippen LogP contribution is -2.48. The number of carbonyl (C=O) groups excluding carboxylic acids is 1. The number of benzene rings is 1. The SMILES string of the molecule is C[C@H](CN1CCOCC1)NC(=O)[C@H](C)Oc1ccc(Cl)cc1Br. The Balaban J connectivity index is 1.81. The number of hydrogen-bond donors (Lipinski definition) is 1. The van der Waals surface area contributed by atoms with E-state index >= 15 is 0 Å². The number of amides is 1. The highest BCUT2D eigenvalue weighted by atomic mass is 79.9. The maximum absolute atomic E-state index is 12.3. The van der Waals surface area contributed by atoms with E-state index in [4.69, 9.17) is 21.1 Å². The standard InChI is InChI=1S/C16H22BrClN2O3/c1-11(10-20-5-7-22-8-6-20)19-16(21)12(2)23-15-4-3-13(18)9-14(15)17/h3-4,9,11-12H,5-8,10H2,1-2H3,(H,19,21)/t11-,12+/m1/s1. The average molecular weight is 406 g/mol. The van der Waals surface area contributed by atoms with E-state index in [1.807, 2.05) is 6.92 Å². The van der Waals surface area contributed by atoms with Crippen molar-refractivity contribution < 1.29 is 14.3 Å². The quantitative estimate of drug-likeness (QED) is 0.790. The van der Waals surface area contributed by atoms with Gasteiger partial charge in [-0.3, -0.25) is 9.69 Å². The van der Waals surface area contributed by atoms with Gasteiger partial charge in [0, 0.05) is 30.7 Å². The van der Waals surface area contributed by atoms with Gasteiger partial charge in [-0.2, -0.15) is 0 Å². The fourth-order valence-corrected chi connectivity index (χ4v) is 3.17. The summed E-state index contributed by atoms with van der Waals surface area (Å²) in [6.07, 6.45) is -0.584. The van der Waals surface area contributed by atoms with Gasteiger partial charge < -0.3 is 14.8 Å². The summed E-state index contributed by atoms with van der Waals surface area (Å²) in [7, 11) is 0. The molecule has 0 aromatic heterocycles. The third-order valence-electron chi connectivity index (χ3n) is 3.59. The molecule has 1 fully saturated rings. The Morgan fingerprint density at radius 1 is 1.43 bits per heavy atom. The number of nitrogens with zero attached hydrogens (tertiary/aromatic N) is 1. The molecule has 128 valence electrons. The molecule has 0 bridgehead atoms. The summed E-state index contributed by atoms with van der Waals surface area (Å²) >= 11 is 9.28. The van der Waals surface area contributed by atoms with E-state index < -0.39 is 6.10 Å². The molecule has 1 aromatic rings. The second-order valence-electron chi connectivity index (χ2n) is 5.66. The van der Waals surface area contributed by atoms with Crippen LogP contribution in [0.5, 0.6) is 5.75 Å². The highest BCUT2D eigenvalue weighted by Gasteiger charge is 2.20. The molecule has 1 amide bonds. The van der Waals surface area contributed by atoms with Crippen molar-refractivity contribution in [3.8, 4) is 5.75 Å². The molecule has 0 unspecified atom stereocenters. The average Bonchev–Trinajstić information content (AvgIpc) is 2.50.